The van der Waals surface area contributed by atoms with Crippen LogP contribution in [0.2, 0.25) is 0 Å². The van der Waals surface area contributed by atoms with E-state index in [4.69, 9.17) is 9.72 Å². The van der Waals surface area contributed by atoms with Gasteiger partial charge in [-0.2, -0.15) is 0 Å². The van der Waals surface area contributed by atoms with Gasteiger partial charge in [0.25, 0.3) is 0 Å². The number of piperidine rings is 1. The lowest BCUT2D eigenvalue weighted by Crippen LogP contribution is -2.36. The lowest BCUT2D eigenvalue weighted by atomic mass is 9.95. The van der Waals surface area contributed by atoms with Crippen LogP contribution in [0.5, 0.6) is 0 Å². The molecule has 3 aromatic rings. The van der Waals surface area contributed by atoms with Crippen LogP contribution in [0.25, 0.3) is 11.0 Å². The van der Waals surface area contributed by atoms with Crippen molar-refractivity contribution in [2.24, 2.45) is 7.05 Å². The third kappa shape index (κ3) is 3.14. The van der Waals surface area contributed by atoms with Gasteiger partial charge in [0.05, 0.1) is 11.0 Å². The second-order valence-corrected chi connectivity index (χ2v) is 6.72. The Hall–Kier alpha value is -2.54. The molecule has 6 nitrogen and oxygen atoms in total. The quantitative estimate of drug-likeness (QED) is 0.720. The van der Waals surface area contributed by atoms with E-state index in [-0.39, 0.29) is 5.82 Å². The highest BCUT2D eigenvalue weighted by Gasteiger charge is 2.26. The highest BCUT2D eigenvalue weighted by molar-refractivity contribution is 5.78. The van der Waals surface area contributed by atoms with Crippen LogP contribution in [0.15, 0.2) is 30.5 Å². The summed E-state index contributed by atoms with van der Waals surface area (Å²) in [5.74, 6) is 1.66. The Morgan fingerprint density at radius 2 is 2.15 bits per heavy atom. The summed E-state index contributed by atoms with van der Waals surface area (Å²) in [5, 5.41) is 0. The molecule has 1 aromatic carbocycles. The number of nitrogens with zero attached hydrogens (tertiary/aromatic N) is 5. The summed E-state index contributed by atoms with van der Waals surface area (Å²) in [6.07, 6.45) is 3.94. The van der Waals surface area contributed by atoms with Crippen molar-refractivity contribution in [3.8, 4) is 0 Å². The maximum atomic E-state index is 13.6. The Morgan fingerprint density at radius 3 is 3.00 bits per heavy atom. The van der Waals surface area contributed by atoms with Crippen LogP contribution < -0.4 is 4.90 Å². The average Bonchev–Trinajstić information content (AvgIpc) is 2.99. The number of fused-ring (bicyclic) bond motifs is 1. The fraction of sp³-hybridized carbons (Fsp3) is 0.421. The van der Waals surface area contributed by atoms with Gasteiger partial charge < -0.3 is 14.2 Å². The average molecular weight is 355 g/mol. The minimum atomic E-state index is -0.241. The molecule has 2 aromatic heterocycles. The van der Waals surface area contributed by atoms with Crippen molar-refractivity contribution in [1.82, 2.24) is 19.5 Å². The summed E-state index contributed by atoms with van der Waals surface area (Å²) in [7, 11) is 3.59. The number of rotatable bonds is 4. The van der Waals surface area contributed by atoms with Crippen LogP contribution in [0.3, 0.4) is 0 Å². The fourth-order valence-electron chi connectivity index (χ4n) is 3.67. The molecule has 0 spiro atoms. The Labute approximate surface area is 151 Å². The summed E-state index contributed by atoms with van der Waals surface area (Å²) in [6, 6.07) is 6.71. The molecule has 4 rings (SSSR count). The highest BCUT2D eigenvalue weighted by Crippen LogP contribution is 2.30. The predicted octanol–water partition coefficient (Wildman–Crippen LogP) is 3.03. The molecule has 1 fully saturated rings. The number of hydrogen-bond acceptors (Lipinski definition) is 5. The summed E-state index contributed by atoms with van der Waals surface area (Å²) >= 11 is 0. The van der Waals surface area contributed by atoms with Crippen molar-refractivity contribution in [1.29, 1.82) is 0 Å². The largest absolute Gasteiger partial charge is 0.377 e. The maximum absolute atomic E-state index is 13.6. The number of anilines is 1. The molecule has 7 heteroatoms. The number of aromatic nitrogens is 4. The molecular weight excluding hydrogens is 333 g/mol. The minimum Gasteiger partial charge on any atom is -0.377 e. The number of methoxy groups -OCH3 is 1. The zero-order valence-corrected chi connectivity index (χ0v) is 15.0. The summed E-state index contributed by atoms with van der Waals surface area (Å²) in [4.78, 5) is 15.9. The van der Waals surface area contributed by atoms with Gasteiger partial charge in [0.15, 0.2) is 5.82 Å². The van der Waals surface area contributed by atoms with E-state index < -0.39 is 0 Å². The second-order valence-electron chi connectivity index (χ2n) is 6.72. The molecule has 1 aliphatic heterocycles. The first-order chi connectivity index (χ1) is 12.7. The molecule has 3 heterocycles. The predicted molar refractivity (Wildman–Crippen MR) is 97.6 cm³/mol. The monoisotopic (exact) mass is 355 g/mol. The van der Waals surface area contributed by atoms with E-state index in [1.54, 1.807) is 19.4 Å². The second kappa shape index (κ2) is 6.99. The Morgan fingerprint density at radius 1 is 1.27 bits per heavy atom. The molecule has 1 saturated heterocycles. The first kappa shape index (κ1) is 16.9. The molecule has 0 bridgehead atoms. The van der Waals surface area contributed by atoms with Crippen molar-refractivity contribution in [2.45, 2.75) is 25.4 Å². The van der Waals surface area contributed by atoms with Gasteiger partial charge in [0, 0.05) is 45.1 Å². The Kier molecular flexibility index (Phi) is 4.55. The lowest BCUT2D eigenvalue weighted by molar-refractivity contribution is 0.177. The molecule has 1 atom stereocenters. The first-order valence-corrected chi connectivity index (χ1v) is 8.83. The summed E-state index contributed by atoms with van der Waals surface area (Å²) in [5.41, 5.74) is 2.67. The van der Waals surface area contributed by atoms with E-state index in [0.717, 1.165) is 48.6 Å². The zero-order chi connectivity index (χ0) is 18.1. The van der Waals surface area contributed by atoms with Gasteiger partial charge in [0.1, 0.15) is 12.4 Å². The van der Waals surface area contributed by atoms with E-state index in [1.165, 1.54) is 12.1 Å². The Bertz CT molecular complexity index is 925. The van der Waals surface area contributed by atoms with Crippen molar-refractivity contribution < 1.29 is 9.13 Å². The van der Waals surface area contributed by atoms with Gasteiger partial charge >= 0.3 is 0 Å². The van der Waals surface area contributed by atoms with Crippen LogP contribution >= 0.6 is 0 Å². The van der Waals surface area contributed by atoms with E-state index in [9.17, 15) is 4.39 Å². The maximum Gasteiger partial charge on any atom is 0.206 e. The third-order valence-corrected chi connectivity index (χ3v) is 4.94. The summed E-state index contributed by atoms with van der Waals surface area (Å²) in [6.45, 7) is 2.19. The number of imidazole rings is 1. The van der Waals surface area contributed by atoms with E-state index in [2.05, 4.69) is 14.9 Å². The van der Waals surface area contributed by atoms with Crippen molar-refractivity contribution >= 4 is 17.0 Å². The molecule has 0 radical (unpaired) electrons. The van der Waals surface area contributed by atoms with E-state index in [1.807, 2.05) is 17.7 Å². The molecule has 0 amide bonds. The van der Waals surface area contributed by atoms with Crippen LogP contribution in [-0.4, -0.2) is 39.7 Å². The standard InChI is InChI=1S/C19H22FN5O/c1-24-17-10-14(20)5-6-16(17)23-19(24)25-9-3-4-13(11-25)15-7-8-21-18(22-15)12-26-2/h5-8,10,13H,3-4,9,11-12H2,1-2H3. The highest BCUT2D eigenvalue weighted by atomic mass is 19.1. The number of halogens is 1. The first-order valence-electron chi connectivity index (χ1n) is 8.83. The van der Waals surface area contributed by atoms with Crippen molar-refractivity contribution in [2.75, 3.05) is 25.1 Å². The topological polar surface area (TPSA) is 56.1 Å². The Balaban J connectivity index is 1.61. The third-order valence-electron chi connectivity index (χ3n) is 4.94. The van der Waals surface area contributed by atoms with E-state index in [0.29, 0.717) is 18.3 Å². The van der Waals surface area contributed by atoms with Gasteiger partial charge in [-0.15, -0.1) is 0 Å². The number of benzene rings is 1. The lowest BCUT2D eigenvalue weighted by Gasteiger charge is -2.33. The smallest absolute Gasteiger partial charge is 0.206 e. The van der Waals surface area contributed by atoms with Gasteiger partial charge in [-0.05, 0) is 37.1 Å². The number of aryl methyl sites for hydroxylation is 1. The van der Waals surface area contributed by atoms with Crippen LogP contribution in [0, 0.1) is 5.82 Å². The molecule has 26 heavy (non-hydrogen) atoms. The molecular formula is C19H22FN5O. The van der Waals surface area contributed by atoms with Crippen molar-refractivity contribution in [3.63, 3.8) is 0 Å². The molecule has 0 saturated carbocycles. The van der Waals surface area contributed by atoms with Crippen LogP contribution in [-0.2, 0) is 18.4 Å². The van der Waals surface area contributed by atoms with Crippen LogP contribution in [0.4, 0.5) is 10.3 Å². The van der Waals surface area contributed by atoms with E-state index >= 15 is 0 Å². The molecule has 1 unspecified atom stereocenters. The fourth-order valence-corrected chi connectivity index (χ4v) is 3.67. The molecule has 1 aliphatic rings. The zero-order valence-electron chi connectivity index (χ0n) is 15.0. The molecule has 0 N–H and O–H groups in total. The number of hydrogen-bond donors (Lipinski definition) is 0. The molecule has 136 valence electrons. The van der Waals surface area contributed by atoms with Gasteiger partial charge in [-0.1, -0.05) is 0 Å². The van der Waals surface area contributed by atoms with Gasteiger partial charge in [-0.3, -0.25) is 0 Å². The van der Waals surface area contributed by atoms with Gasteiger partial charge in [0.2, 0.25) is 5.95 Å². The van der Waals surface area contributed by atoms with Crippen LogP contribution in [0.1, 0.15) is 30.3 Å². The minimum absolute atomic E-state index is 0.241. The van der Waals surface area contributed by atoms with Crippen molar-refractivity contribution in [3.05, 3.63) is 47.8 Å². The van der Waals surface area contributed by atoms with Gasteiger partial charge in [-0.25, -0.2) is 19.3 Å². The molecule has 0 aliphatic carbocycles. The summed E-state index contributed by atoms with van der Waals surface area (Å²) < 4.78 is 20.7. The SMILES string of the molecule is COCc1nccc(C2CCCN(c3nc4ccc(F)cc4n3C)C2)n1. The number of ether oxygens (including phenoxy) is 1. The normalized spacial score (nSPS) is 17.8.